The zero-order valence-electron chi connectivity index (χ0n) is 12.1. The third-order valence-electron chi connectivity index (χ3n) is 3.62. The van der Waals surface area contributed by atoms with Crippen molar-refractivity contribution in [1.29, 1.82) is 0 Å². The Morgan fingerprint density at radius 3 is 2.62 bits per heavy atom. The number of carbonyl (C=O) groups excluding carboxylic acids is 1. The van der Waals surface area contributed by atoms with Crippen molar-refractivity contribution in [2.24, 2.45) is 5.14 Å². The molecule has 116 valence electrons. The molecule has 1 aliphatic heterocycles. The fraction of sp³-hybridized carbons (Fsp3) is 0.462. The lowest BCUT2D eigenvalue weighted by Crippen LogP contribution is -2.43. The maximum Gasteiger partial charge on any atom is 0.244 e. The summed E-state index contributed by atoms with van der Waals surface area (Å²) in [6, 6.07) is 3.99. The molecule has 1 aromatic rings. The molecule has 1 unspecified atom stereocenters. The van der Waals surface area contributed by atoms with Gasteiger partial charge in [-0.2, -0.15) is 0 Å². The van der Waals surface area contributed by atoms with Gasteiger partial charge in [-0.05, 0) is 31.0 Å². The molecule has 21 heavy (non-hydrogen) atoms. The van der Waals surface area contributed by atoms with Crippen molar-refractivity contribution in [3.63, 3.8) is 0 Å². The minimum absolute atomic E-state index is 0.00495. The van der Waals surface area contributed by atoms with Crippen LogP contribution in [0.3, 0.4) is 0 Å². The molecule has 0 bridgehead atoms. The van der Waals surface area contributed by atoms with Crippen molar-refractivity contribution in [1.82, 2.24) is 4.90 Å². The Balaban J connectivity index is 2.43. The number of hydrogen-bond donors (Lipinski definition) is 2. The van der Waals surface area contributed by atoms with Gasteiger partial charge < -0.3 is 15.5 Å². The molecule has 1 aliphatic rings. The molecule has 1 heterocycles. The quantitative estimate of drug-likeness (QED) is 0.762. The third kappa shape index (κ3) is 3.11. The van der Waals surface area contributed by atoms with Gasteiger partial charge in [0.1, 0.15) is 6.04 Å². The van der Waals surface area contributed by atoms with Gasteiger partial charge in [-0.25, -0.2) is 13.6 Å². The van der Waals surface area contributed by atoms with Gasteiger partial charge in [0.15, 0.2) is 0 Å². The van der Waals surface area contributed by atoms with E-state index in [4.69, 9.17) is 10.9 Å². The number of nitrogens with two attached hydrogens (primary N) is 2. The van der Waals surface area contributed by atoms with Crippen LogP contribution in [0.2, 0.25) is 0 Å². The topological polar surface area (TPSA) is 110 Å². The van der Waals surface area contributed by atoms with Crippen molar-refractivity contribution in [3.05, 3.63) is 18.2 Å². The summed E-state index contributed by atoms with van der Waals surface area (Å²) in [5.41, 5.74) is 6.92. The Morgan fingerprint density at radius 2 is 2.05 bits per heavy atom. The first-order chi connectivity index (χ1) is 9.71. The summed E-state index contributed by atoms with van der Waals surface area (Å²) in [5.74, 6) is -0.0205. The van der Waals surface area contributed by atoms with Crippen LogP contribution in [0, 0.1) is 0 Å². The Kier molecular flexibility index (Phi) is 4.11. The normalized spacial score (nSPS) is 18.8. The highest BCUT2D eigenvalue weighted by Crippen LogP contribution is 2.32. The number of rotatable bonds is 3. The molecule has 0 aromatic heterocycles. The first-order valence-corrected chi connectivity index (χ1v) is 8.16. The van der Waals surface area contributed by atoms with Crippen LogP contribution < -0.4 is 15.8 Å². The molecule has 0 spiro atoms. The molecule has 8 heteroatoms. The molecule has 1 saturated heterocycles. The largest absolute Gasteiger partial charge is 0.397 e. The van der Waals surface area contributed by atoms with E-state index in [-0.39, 0.29) is 16.8 Å². The number of hydrogen-bond acceptors (Lipinski definition) is 5. The molecule has 0 saturated carbocycles. The predicted molar refractivity (Wildman–Crippen MR) is 81.3 cm³/mol. The number of nitrogens with zero attached hydrogens (tertiary/aromatic N) is 2. The summed E-state index contributed by atoms with van der Waals surface area (Å²) in [6.07, 6.45) is 1.57. The van der Waals surface area contributed by atoms with Crippen LogP contribution in [-0.2, 0) is 14.8 Å². The van der Waals surface area contributed by atoms with E-state index in [1.54, 1.807) is 14.1 Å². The first kappa shape index (κ1) is 15.6. The van der Waals surface area contributed by atoms with E-state index in [2.05, 4.69) is 0 Å². The SMILES string of the molecule is CN(C)C(=O)C1CCCN1c1cc(S(N)(=O)=O)ccc1N. The molecular formula is C13H20N4O3S. The van der Waals surface area contributed by atoms with Crippen LogP contribution in [0.5, 0.6) is 0 Å². The van der Waals surface area contributed by atoms with E-state index >= 15 is 0 Å². The molecule has 1 amide bonds. The minimum Gasteiger partial charge on any atom is -0.397 e. The van der Waals surface area contributed by atoms with Crippen LogP contribution in [0.25, 0.3) is 0 Å². The van der Waals surface area contributed by atoms with Gasteiger partial charge in [-0.1, -0.05) is 0 Å². The van der Waals surface area contributed by atoms with Gasteiger partial charge in [0.2, 0.25) is 15.9 Å². The smallest absolute Gasteiger partial charge is 0.244 e. The van der Waals surface area contributed by atoms with Crippen LogP contribution in [0.15, 0.2) is 23.1 Å². The van der Waals surface area contributed by atoms with Gasteiger partial charge in [0, 0.05) is 20.6 Å². The van der Waals surface area contributed by atoms with E-state index in [1.165, 1.54) is 23.1 Å². The van der Waals surface area contributed by atoms with Crippen LogP contribution >= 0.6 is 0 Å². The van der Waals surface area contributed by atoms with Crippen molar-refractivity contribution in [2.45, 2.75) is 23.8 Å². The van der Waals surface area contributed by atoms with Crippen LogP contribution in [-0.4, -0.2) is 45.9 Å². The average Bonchev–Trinajstić information content (AvgIpc) is 2.85. The summed E-state index contributed by atoms with van der Waals surface area (Å²) in [6.45, 7) is 0.655. The maximum absolute atomic E-state index is 12.2. The Bertz CT molecular complexity index is 657. The highest BCUT2D eigenvalue weighted by atomic mass is 32.2. The van der Waals surface area contributed by atoms with Crippen LogP contribution in [0.1, 0.15) is 12.8 Å². The van der Waals surface area contributed by atoms with E-state index < -0.39 is 10.0 Å². The molecule has 0 radical (unpaired) electrons. The molecular weight excluding hydrogens is 292 g/mol. The number of amides is 1. The van der Waals surface area contributed by atoms with Gasteiger partial charge in [0.05, 0.1) is 16.3 Å². The number of benzene rings is 1. The Hall–Kier alpha value is -1.80. The minimum atomic E-state index is -3.80. The standard InChI is InChI=1S/C13H20N4O3S/c1-16(2)13(18)11-4-3-7-17(11)12-8-9(21(15,19)20)5-6-10(12)14/h5-6,8,11H,3-4,7,14H2,1-2H3,(H2,15,19,20). The number of nitrogen functional groups attached to an aromatic ring is 1. The van der Waals surface area contributed by atoms with Crippen molar-refractivity contribution in [3.8, 4) is 0 Å². The monoisotopic (exact) mass is 312 g/mol. The molecule has 2 rings (SSSR count). The fourth-order valence-corrected chi connectivity index (χ4v) is 3.09. The summed E-state index contributed by atoms with van der Waals surface area (Å²) >= 11 is 0. The fourth-order valence-electron chi connectivity index (χ4n) is 2.56. The number of likely N-dealkylation sites (N-methyl/N-ethyl adjacent to an activating group) is 1. The average molecular weight is 312 g/mol. The van der Waals surface area contributed by atoms with Crippen molar-refractivity contribution >= 4 is 27.3 Å². The van der Waals surface area contributed by atoms with E-state index in [0.29, 0.717) is 17.9 Å². The second-order valence-corrected chi connectivity index (χ2v) is 6.91. The molecule has 7 nitrogen and oxygen atoms in total. The maximum atomic E-state index is 12.2. The van der Waals surface area contributed by atoms with Gasteiger partial charge in [0.25, 0.3) is 0 Å². The Morgan fingerprint density at radius 1 is 1.38 bits per heavy atom. The summed E-state index contributed by atoms with van der Waals surface area (Å²) in [4.78, 5) is 15.6. The van der Waals surface area contributed by atoms with Crippen LogP contribution in [0.4, 0.5) is 11.4 Å². The summed E-state index contributed by atoms with van der Waals surface area (Å²) in [5, 5.41) is 5.15. The second kappa shape index (κ2) is 5.53. The zero-order valence-corrected chi connectivity index (χ0v) is 12.9. The third-order valence-corrected chi connectivity index (χ3v) is 4.53. The van der Waals surface area contributed by atoms with Crippen molar-refractivity contribution in [2.75, 3.05) is 31.3 Å². The van der Waals surface area contributed by atoms with Gasteiger partial charge >= 0.3 is 0 Å². The number of sulfonamides is 1. The lowest BCUT2D eigenvalue weighted by molar-refractivity contribution is -0.129. The van der Waals surface area contributed by atoms with E-state index in [0.717, 1.165) is 12.8 Å². The van der Waals surface area contributed by atoms with Gasteiger partial charge in [-0.3, -0.25) is 4.79 Å². The summed E-state index contributed by atoms with van der Waals surface area (Å²) < 4.78 is 23.0. The second-order valence-electron chi connectivity index (χ2n) is 5.35. The van der Waals surface area contributed by atoms with E-state index in [1.807, 2.05) is 4.90 Å². The Labute approximate surface area is 124 Å². The predicted octanol–water partition coefficient (Wildman–Crippen LogP) is -0.0268. The molecule has 1 aromatic carbocycles. The zero-order chi connectivity index (χ0) is 15.8. The highest BCUT2D eigenvalue weighted by molar-refractivity contribution is 7.89. The number of primary sulfonamides is 1. The lowest BCUT2D eigenvalue weighted by Gasteiger charge is -2.29. The summed E-state index contributed by atoms with van der Waals surface area (Å²) in [7, 11) is -0.409. The molecule has 1 fully saturated rings. The number of anilines is 2. The lowest BCUT2D eigenvalue weighted by atomic mass is 10.1. The highest BCUT2D eigenvalue weighted by Gasteiger charge is 2.33. The molecule has 4 N–H and O–H groups in total. The first-order valence-electron chi connectivity index (χ1n) is 6.62. The molecule has 1 atom stereocenters. The molecule has 0 aliphatic carbocycles. The number of carbonyl (C=O) groups is 1. The van der Waals surface area contributed by atoms with E-state index in [9.17, 15) is 13.2 Å². The van der Waals surface area contributed by atoms with Gasteiger partial charge in [-0.15, -0.1) is 0 Å². The van der Waals surface area contributed by atoms with Crippen molar-refractivity contribution < 1.29 is 13.2 Å².